The predicted octanol–water partition coefficient (Wildman–Crippen LogP) is -0.217. The van der Waals surface area contributed by atoms with E-state index in [1.165, 1.54) is 0 Å². The highest BCUT2D eigenvalue weighted by molar-refractivity contribution is 4.80. The lowest BCUT2D eigenvalue weighted by Gasteiger charge is -2.09. The van der Waals surface area contributed by atoms with E-state index >= 15 is 0 Å². The van der Waals surface area contributed by atoms with E-state index in [4.69, 9.17) is 20.4 Å². The molecule has 5 heteroatoms. The largest absolute Gasteiger partial charge is 0.516 e. The van der Waals surface area contributed by atoms with Crippen LogP contribution in [0.3, 0.4) is 0 Å². The highest BCUT2D eigenvalue weighted by Gasteiger charge is 2.04. The van der Waals surface area contributed by atoms with Gasteiger partial charge in [0.25, 0.3) is 0 Å². The van der Waals surface area contributed by atoms with Crippen molar-refractivity contribution in [3.8, 4) is 0 Å². The number of rotatable bonds is 4. The Morgan fingerprint density at radius 2 is 1.27 bits per heavy atom. The fourth-order valence-corrected chi connectivity index (χ4v) is 0.381. The molecule has 11 heavy (non-hydrogen) atoms. The van der Waals surface area contributed by atoms with Gasteiger partial charge in [0.1, 0.15) is 0 Å². The van der Waals surface area contributed by atoms with Crippen molar-refractivity contribution in [1.82, 2.24) is 0 Å². The molecule has 0 radical (unpaired) electrons. The van der Waals surface area contributed by atoms with Gasteiger partial charge in [0, 0.05) is 12.2 Å². The molecule has 0 aromatic carbocycles. The molecule has 64 valence electrons. The second-order valence-corrected chi connectivity index (χ2v) is 1.60. The average molecular weight is 162 g/mol. The van der Waals surface area contributed by atoms with Gasteiger partial charge < -0.3 is 25.2 Å². The van der Waals surface area contributed by atoms with Gasteiger partial charge in [0.05, 0.1) is 12.5 Å². The molecule has 0 saturated heterocycles. The third-order valence-electron chi connectivity index (χ3n) is 0.780. The van der Waals surface area contributed by atoms with Crippen LogP contribution in [0.25, 0.3) is 0 Å². The van der Waals surface area contributed by atoms with Crippen molar-refractivity contribution in [3.63, 3.8) is 0 Å². The molecule has 0 heterocycles. The summed E-state index contributed by atoms with van der Waals surface area (Å²) >= 11 is 0. The average Bonchev–Trinajstić information content (AvgIpc) is 1.87. The summed E-state index contributed by atoms with van der Waals surface area (Å²) in [6.45, 7) is 0. The third-order valence-corrected chi connectivity index (χ3v) is 0.780. The summed E-state index contributed by atoms with van der Waals surface area (Å²) in [6.07, 6.45) is 0.195. The fraction of sp³-hybridized carbons (Fsp3) is 0.333. The summed E-state index contributed by atoms with van der Waals surface area (Å²) in [7, 11) is 0. The summed E-state index contributed by atoms with van der Waals surface area (Å²) in [6, 6.07) is 0. The fourth-order valence-electron chi connectivity index (χ4n) is 0.381. The van der Waals surface area contributed by atoms with Crippen LogP contribution in [0.5, 0.6) is 0 Å². The first kappa shape index (κ1) is 9.96. The van der Waals surface area contributed by atoms with E-state index in [0.717, 1.165) is 12.2 Å². The molecule has 2 unspecified atom stereocenters. The first-order valence-electron chi connectivity index (χ1n) is 2.84. The molecule has 0 spiro atoms. The minimum Gasteiger partial charge on any atom is -0.516 e. The third kappa shape index (κ3) is 5.41. The van der Waals surface area contributed by atoms with Gasteiger partial charge in [-0.05, 0) is 0 Å². The van der Waals surface area contributed by atoms with Gasteiger partial charge in [-0.3, -0.25) is 0 Å². The maximum atomic E-state index is 8.70. The van der Waals surface area contributed by atoms with Gasteiger partial charge in [0.2, 0.25) is 0 Å². The Balaban J connectivity index is 3.65. The Hall–Kier alpha value is -1.04. The maximum Gasteiger partial charge on any atom is 0.180 e. The minimum atomic E-state index is -1.40. The van der Waals surface area contributed by atoms with Gasteiger partial charge in [-0.1, -0.05) is 0 Å². The number of aliphatic hydroxyl groups excluding tert-OH is 4. The van der Waals surface area contributed by atoms with Gasteiger partial charge in [-0.15, -0.1) is 0 Å². The lowest BCUT2D eigenvalue weighted by molar-refractivity contribution is -0.164. The van der Waals surface area contributed by atoms with Crippen LogP contribution in [0.4, 0.5) is 0 Å². The van der Waals surface area contributed by atoms with Crippen molar-refractivity contribution in [1.29, 1.82) is 0 Å². The molecule has 0 aliphatic heterocycles. The molecule has 0 aromatic rings. The normalized spacial score (nSPS) is 17.6. The molecule has 0 aliphatic carbocycles. The van der Waals surface area contributed by atoms with E-state index in [1.54, 1.807) is 0 Å². The van der Waals surface area contributed by atoms with Crippen molar-refractivity contribution >= 4 is 0 Å². The van der Waals surface area contributed by atoms with E-state index < -0.39 is 12.6 Å². The standard InChI is InChI=1S/C6H10O5/c7-3-1-5(9)11-6(10)2-4-8/h1-10H. The summed E-state index contributed by atoms with van der Waals surface area (Å²) in [5.41, 5.74) is 0. The highest BCUT2D eigenvalue weighted by Crippen LogP contribution is 1.95. The summed E-state index contributed by atoms with van der Waals surface area (Å²) < 4.78 is 4.35. The van der Waals surface area contributed by atoms with Crippen molar-refractivity contribution in [3.05, 3.63) is 24.7 Å². The van der Waals surface area contributed by atoms with Crippen LogP contribution in [-0.2, 0) is 4.74 Å². The van der Waals surface area contributed by atoms with Crippen molar-refractivity contribution in [2.45, 2.75) is 12.6 Å². The van der Waals surface area contributed by atoms with Crippen LogP contribution in [0, 0.1) is 0 Å². The molecular weight excluding hydrogens is 152 g/mol. The number of hydrogen-bond donors (Lipinski definition) is 4. The Labute approximate surface area is 63.5 Å². The van der Waals surface area contributed by atoms with E-state index in [2.05, 4.69) is 4.74 Å². The smallest absolute Gasteiger partial charge is 0.180 e. The first-order chi connectivity index (χ1) is 5.20. The van der Waals surface area contributed by atoms with E-state index in [0.29, 0.717) is 12.5 Å². The molecular formula is C6H10O5. The molecule has 0 fully saturated rings. The zero-order chi connectivity index (χ0) is 8.69. The molecule has 0 aromatic heterocycles. The molecule has 0 bridgehead atoms. The van der Waals surface area contributed by atoms with Crippen LogP contribution < -0.4 is 0 Å². The second kappa shape index (κ2) is 5.72. The Kier molecular flexibility index (Phi) is 5.18. The van der Waals surface area contributed by atoms with Crippen molar-refractivity contribution in [2.24, 2.45) is 0 Å². The van der Waals surface area contributed by atoms with Crippen LogP contribution in [-0.4, -0.2) is 33.0 Å². The van der Waals surface area contributed by atoms with Crippen molar-refractivity contribution < 1.29 is 25.2 Å². The Bertz CT molecular complexity index is 126. The van der Waals surface area contributed by atoms with Crippen LogP contribution in [0.15, 0.2) is 24.7 Å². The predicted molar refractivity (Wildman–Crippen MR) is 36.6 cm³/mol. The van der Waals surface area contributed by atoms with E-state index in [1.807, 2.05) is 0 Å². The lowest BCUT2D eigenvalue weighted by atomic mass is 10.5. The number of ether oxygens (including phenoxy) is 1. The lowest BCUT2D eigenvalue weighted by Crippen LogP contribution is -2.17. The molecule has 2 atom stereocenters. The number of hydrogen-bond acceptors (Lipinski definition) is 5. The molecule has 0 amide bonds. The van der Waals surface area contributed by atoms with Crippen LogP contribution in [0.2, 0.25) is 0 Å². The molecule has 0 rings (SSSR count). The Morgan fingerprint density at radius 1 is 0.909 bits per heavy atom. The quantitative estimate of drug-likeness (QED) is 0.339. The zero-order valence-corrected chi connectivity index (χ0v) is 5.66. The van der Waals surface area contributed by atoms with E-state index in [-0.39, 0.29) is 0 Å². The Morgan fingerprint density at radius 3 is 1.55 bits per heavy atom. The molecule has 4 N–H and O–H groups in total. The SMILES string of the molecule is OC=CC(O)OC(O)C=CO. The monoisotopic (exact) mass is 162 g/mol. The topological polar surface area (TPSA) is 90.2 Å². The van der Waals surface area contributed by atoms with E-state index in [9.17, 15) is 0 Å². The first-order valence-corrected chi connectivity index (χ1v) is 2.84. The molecule has 0 aliphatic rings. The summed E-state index contributed by atoms with van der Waals surface area (Å²) in [5, 5.41) is 33.6. The zero-order valence-electron chi connectivity index (χ0n) is 5.66. The maximum absolute atomic E-state index is 8.70. The molecule has 0 saturated carbocycles. The minimum absolute atomic E-state index is 0.583. The number of aliphatic hydroxyl groups is 4. The summed E-state index contributed by atoms with van der Waals surface area (Å²) in [4.78, 5) is 0. The van der Waals surface area contributed by atoms with Gasteiger partial charge in [-0.25, -0.2) is 0 Å². The van der Waals surface area contributed by atoms with Crippen LogP contribution >= 0.6 is 0 Å². The van der Waals surface area contributed by atoms with Crippen LogP contribution in [0.1, 0.15) is 0 Å². The van der Waals surface area contributed by atoms with Gasteiger partial charge in [-0.2, -0.15) is 0 Å². The van der Waals surface area contributed by atoms with Gasteiger partial charge >= 0.3 is 0 Å². The highest BCUT2D eigenvalue weighted by atomic mass is 16.7. The molecule has 5 nitrogen and oxygen atoms in total. The summed E-state index contributed by atoms with van der Waals surface area (Å²) in [5.74, 6) is 0. The van der Waals surface area contributed by atoms with Crippen molar-refractivity contribution in [2.75, 3.05) is 0 Å². The second-order valence-electron chi connectivity index (χ2n) is 1.60. The van der Waals surface area contributed by atoms with Gasteiger partial charge in [0.15, 0.2) is 12.6 Å².